The second-order valence-corrected chi connectivity index (χ2v) is 6.09. The number of benzene rings is 1. The third-order valence-corrected chi connectivity index (χ3v) is 4.48. The van der Waals surface area contributed by atoms with Crippen molar-refractivity contribution in [2.45, 2.75) is 38.1 Å². The van der Waals surface area contributed by atoms with E-state index in [0.717, 1.165) is 41.7 Å². The molecule has 0 bridgehead atoms. The van der Waals surface area contributed by atoms with Crippen LogP contribution in [0.3, 0.4) is 0 Å². The zero-order valence-electron chi connectivity index (χ0n) is 10.6. The minimum absolute atomic E-state index is 0.0101. The molecule has 1 fully saturated rings. The van der Waals surface area contributed by atoms with Gasteiger partial charge in [0.2, 0.25) is 0 Å². The van der Waals surface area contributed by atoms with Gasteiger partial charge in [-0.2, -0.15) is 0 Å². The molecule has 1 aliphatic carbocycles. The van der Waals surface area contributed by atoms with Gasteiger partial charge in [-0.3, -0.25) is 0 Å². The smallest absolute Gasteiger partial charge is 0.164 e. The lowest BCUT2D eigenvalue weighted by molar-refractivity contribution is 0.169. The summed E-state index contributed by atoms with van der Waals surface area (Å²) in [5.41, 5.74) is 8.80. The van der Waals surface area contributed by atoms with Crippen LogP contribution in [-0.2, 0) is 12.8 Å². The van der Waals surface area contributed by atoms with E-state index in [4.69, 9.17) is 15.2 Å². The summed E-state index contributed by atoms with van der Waals surface area (Å²) in [6.45, 7) is 3.41. The number of ether oxygens (including phenoxy) is 2. The molecule has 1 aliphatic heterocycles. The Kier molecular flexibility index (Phi) is 3.02. The second-order valence-electron chi connectivity index (χ2n) is 5.23. The van der Waals surface area contributed by atoms with Gasteiger partial charge in [0.25, 0.3) is 0 Å². The molecule has 3 nitrogen and oxygen atoms in total. The molecule has 2 N–H and O–H groups in total. The first-order valence-corrected chi connectivity index (χ1v) is 7.31. The molecule has 4 heteroatoms. The van der Waals surface area contributed by atoms with E-state index in [0.29, 0.717) is 13.2 Å². The Bertz CT molecular complexity index is 483. The third-order valence-electron chi connectivity index (χ3n) is 3.77. The fourth-order valence-corrected chi connectivity index (χ4v) is 3.10. The fraction of sp³-hybridized carbons (Fsp3) is 0.571. The minimum atomic E-state index is 0.0101. The van der Waals surface area contributed by atoms with Gasteiger partial charge in [0, 0.05) is 15.6 Å². The highest BCUT2D eigenvalue weighted by Crippen LogP contribution is 2.44. The largest absolute Gasteiger partial charge is 0.486 e. The number of hydrogen-bond acceptors (Lipinski definition) is 3. The van der Waals surface area contributed by atoms with E-state index in [9.17, 15) is 0 Å². The van der Waals surface area contributed by atoms with E-state index < -0.39 is 0 Å². The highest BCUT2D eigenvalue weighted by atomic mass is 79.9. The average molecular weight is 312 g/mol. The van der Waals surface area contributed by atoms with Crippen LogP contribution < -0.4 is 15.2 Å². The number of fused-ring (bicyclic) bond motifs is 1. The van der Waals surface area contributed by atoms with E-state index in [-0.39, 0.29) is 5.54 Å². The molecule has 0 amide bonds. The summed E-state index contributed by atoms with van der Waals surface area (Å²) in [6, 6.07) is 2.02. The molecule has 1 aromatic rings. The summed E-state index contributed by atoms with van der Waals surface area (Å²) >= 11 is 3.66. The van der Waals surface area contributed by atoms with Gasteiger partial charge in [-0.05, 0) is 37.3 Å². The molecule has 0 unspecified atom stereocenters. The predicted octanol–water partition coefficient (Wildman–Crippen LogP) is 2.82. The van der Waals surface area contributed by atoms with Crippen molar-refractivity contribution in [3.63, 3.8) is 0 Å². The molecular formula is C14H18BrNO2. The monoisotopic (exact) mass is 311 g/mol. The summed E-state index contributed by atoms with van der Waals surface area (Å²) in [5, 5.41) is 0. The zero-order chi connectivity index (χ0) is 12.8. The quantitative estimate of drug-likeness (QED) is 0.933. The normalized spacial score (nSPS) is 19.7. The van der Waals surface area contributed by atoms with Crippen LogP contribution in [0.15, 0.2) is 10.5 Å². The molecule has 0 radical (unpaired) electrons. The van der Waals surface area contributed by atoms with Crippen LogP contribution >= 0.6 is 15.9 Å². The Morgan fingerprint density at radius 3 is 2.67 bits per heavy atom. The van der Waals surface area contributed by atoms with Crippen LogP contribution in [0.5, 0.6) is 11.5 Å². The van der Waals surface area contributed by atoms with Crippen molar-refractivity contribution < 1.29 is 9.47 Å². The van der Waals surface area contributed by atoms with Crippen molar-refractivity contribution in [1.82, 2.24) is 0 Å². The molecular weight excluding hydrogens is 294 g/mol. The standard InChI is InChI=1S/C14H18BrNO2/c1-2-9-10(8-14(16)3-4-14)11(15)7-12-13(9)18-6-5-17-12/h7H,2-6,8,16H2,1H3. The van der Waals surface area contributed by atoms with Crippen LogP contribution in [0.4, 0.5) is 0 Å². The van der Waals surface area contributed by atoms with Crippen LogP contribution in [0.25, 0.3) is 0 Å². The Labute approximate surface area is 116 Å². The first kappa shape index (κ1) is 12.3. The zero-order valence-corrected chi connectivity index (χ0v) is 12.2. The number of hydrogen-bond donors (Lipinski definition) is 1. The highest BCUT2D eigenvalue weighted by Gasteiger charge is 2.39. The molecule has 0 saturated heterocycles. The predicted molar refractivity (Wildman–Crippen MR) is 74.4 cm³/mol. The van der Waals surface area contributed by atoms with Crippen LogP contribution in [0.1, 0.15) is 30.9 Å². The molecule has 1 aromatic carbocycles. The number of rotatable bonds is 3. The van der Waals surface area contributed by atoms with E-state index in [1.54, 1.807) is 0 Å². The molecule has 0 atom stereocenters. The topological polar surface area (TPSA) is 44.5 Å². The molecule has 2 aliphatic rings. The summed E-state index contributed by atoms with van der Waals surface area (Å²) in [6.07, 6.45) is 4.11. The summed E-state index contributed by atoms with van der Waals surface area (Å²) in [4.78, 5) is 0. The Morgan fingerprint density at radius 2 is 2.00 bits per heavy atom. The Hall–Kier alpha value is -0.740. The van der Waals surface area contributed by atoms with Gasteiger partial charge in [0.05, 0.1) is 0 Å². The average Bonchev–Trinajstić information content (AvgIpc) is 3.08. The second kappa shape index (κ2) is 4.42. The summed E-state index contributed by atoms with van der Waals surface area (Å²) in [7, 11) is 0. The van der Waals surface area contributed by atoms with Gasteiger partial charge >= 0.3 is 0 Å². The molecule has 1 heterocycles. The third kappa shape index (κ3) is 2.12. The van der Waals surface area contributed by atoms with Gasteiger partial charge in [0.15, 0.2) is 11.5 Å². The fourth-order valence-electron chi connectivity index (χ4n) is 2.51. The first-order chi connectivity index (χ1) is 8.63. The number of halogens is 1. The van der Waals surface area contributed by atoms with E-state index in [1.807, 2.05) is 6.07 Å². The van der Waals surface area contributed by atoms with Crippen molar-refractivity contribution >= 4 is 15.9 Å². The lowest BCUT2D eigenvalue weighted by Gasteiger charge is -2.25. The summed E-state index contributed by atoms with van der Waals surface area (Å²) < 4.78 is 12.5. The number of nitrogens with two attached hydrogens (primary N) is 1. The maximum absolute atomic E-state index is 6.25. The molecule has 18 heavy (non-hydrogen) atoms. The molecule has 3 rings (SSSR count). The lowest BCUT2D eigenvalue weighted by atomic mass is 9.96. The maximum atomic E-state index is 6.25. The summed E-state index contributed by atoms with van der Waals surface area (Å²) in [5.74, 6) is 1.78. The van der Waals surface area contributed by atoms with Gasteiger partial charge in [0.1, 0.15) is 13.2 Å². The van der Waals surface area contributed by atoms with Crippen molar-refractivity contribution in [2.75, 3.05) is 13.2 Å². The van der Waals surface area contributed by atoms with Crippen molar-refractivity contribution in [2.24, 2.45) is 5.73 Å². The van der Waals surface area contributed by atoms with E-state index in [2.05, 4.69) is 22.9 Å². The maximum Gasteiger partial charge on any atom is 0.164 e. The lowest BCUT2D eigenvalue weighted by Crippen LogP contribution is -2.26. The Morgan fingerprint density at radius 1 is 1.28 bits per heavy atom. The Balaban J connectivity index is 2.06. The molecule has 0 aromatic heterocycles. The van der Waals surface area contributed by atoms with Gasteiger partial charge in [-0.15, -0.1) is 0 Å². The van der Waals surface area contributed by atoms with Gasteiger partial charge in [-0.1, -0.05) is 22.9 Å². The van der Waals surface area contributed by atoms with Crippen LogP contribution in [0, 0.1) is 0 Å². The molecule has 98 valence electrons. The van der Waals surface area contributed by atoms with Gasteiger partial charge < -0.3 is 15.2 Å². The van der Waals surface area contributed by atoms with Crippen molar-refractivity contribution in [3.05, 3.63) is 21.7 Å². The van der Waals surface area contributed by atoms with Gasteiger partial charge in [-0.25, -0.2) is 0 Å². The van der Waals surface area contributed by atoms with E-state index in [1.165, 1.54) is 11.1 Å². The molecule has 0 spiro atoms. The van der Waals surface area contributed by atoms with Crippen molar-refractivity contribution in [3.8, 4) is 11.5 Å². The van der Waals surface area contributed by atoms with Crippen LogP contribution in [-0.4, -0.2) is 18.8 Å². The molecule has 1 saturated carbocycles. The van der Waals surface area contributed by atoms with Crippen molar-refractivity contribution in [1.29, 1.82) is 0 Å². The van der Waals surface area contributed by atoms with Crippen LogP contribution in [0.2, 0.25) is 0 Å². The minimum Gasteiger partial charge on any atom is -0.486 e. The van der Waals surface area contributed by atoms with E-state index >= 15 is 0 Å². The highest BCUT2D eigenvalue weighted by molar-refractivity contribution is 9.10. The SMILES string of the molecule is CCc1c(CC2(N)CC2)c(Br)cc2c1OCCO2. The first-order valence-electron chi connectivity index (χ1n) is 6.52.